The van der Waals surface area contributed by atoms with Gasteiger partial charge in [0.2, 0.25) is 0 Å². The molecule has 1 atom stereocenters. The summed E-state index contributed by atoms with van der Waals surface area (Å²) in [4.78, 5) is 0. The first-order valence-electron chi connectivity index (χ1n) is 6.54. The van der Waals surface area contributed by atoms with Gasteiger partial charge in [0, 0.05) is 13.7 Å². The predicted octanol–water partition coefficient (Wildman–Crippen LogP) is 3.04. The molecule has 1 heterocycles. The van der Waals surface area contributed by atoms with E-state index in [1.165, 1.54) is 0 Å². The molecule has 5 heteroatoms. The highest BCUT2D eigenvalue weighted by Gasteiger charge is 2.39. The van der Waals surface area contributed by atoms with Gasteiger partial charge in [0.05, 0.1) is 28.0 Å². The van der Waals surface area contributed by atoms with Gasteiger partial charge in [0.1, 0.15) is 0 Å². The van der Waals surface area contributed by atoms with E-state index in [2.05, 4.69) is 40.2 Å². The lowest BCUT2D eigenvalue weighted by Gasteiger charge is -2.39. The fourth-order valence-corrected chi connectivity index (χ4v) is 3.20. The summed E-state index contributed by atoms with van der Waals surface area (Å²) >= 11 is 3.58. The van der Waals surface area contributed by atoms with Crippen LogP contribution in [0.5, 0.6) is 0 Å². The molecule has 1 aromatic rings. The van der Waals surface area contributed by atoms with Crippen molar-refractivity contribution >= 4 is 15.9 Å². The fraction of sp³-hybridized carbons (Fsp3) is 0.769. The summed E-state index contributed by atoms with van der Waals surface area (Å²) in [5.41, 5.74) is 0.939. The van der Waals surface area contributed by atoms with Gasteiger partial charge in [-0.1, -0.05) is 13.8 Å². The molecule has 0 amide bonds. The molecule has 0 saturated heterocycles. The Morgan fingerprint density at radius 3 is 2.39 bits per heavy atom. The van der Waals surface area contributed by atoms with Crippen LogP contribution >= 0.6 is 15.9 Å². The maximum Gasteiger partial charge on any atom is 0.0886 e. The third kappa shape index (κ3) is 2.78. The second-order valence-corrected chi connectivity index (χ2v) is 5.28. The molecule has 1 N–H and O–H groups in total. The number of aryl methyl sites for hydroxylation is 1. The number of hydrogen-bond acceptors (Lipinski definition) is 3. The van der Waals surface area contributed by atoms with Crippen molar-refractivity contribution in [3.8, 4) is 0 Å². The zero-order chi connectivity index (χ0) is 13.8. The Bertz CT molecular complexity index is 355. The van der Waals surface area contributed by atoms with Crippen LogP contribution in [0.1, 0.15) is 45.3 Å². The van der Waals surface area contributed by atoms with Gasteiger partial charge in [0.15, 0.2) is 0 Å². The van der Waals surface area contributed by atoms with Crippen molar-refractivity contribution in [3.63, 3.8) is 0 Å². The van der Waals surface area contributed by atoms with Crippen LogP contribution in [0.2, 0.25) is 0 Å². The summed E-state index contributed by atoms with van der Waals surface area (Å²) in [7, 11) is 3.94. The van der Waals surface area contributed by atoms with Crippen LogP contribution in [0.15, 0.2) is 10.7 Å². The highest BCUT2D eigenvalue weighted by molar-refractivity contribution is 9.10. The van der Waals surface area contributed by atoms with E-state index < -0.39 is 0 Å². The fourth-order valence-electron chi connectivity index (χ4n) is 2.63. The number of ether oxygens (including phenoxy) is 1. The molecule has 0 spiro atoms. The number of halogens is 1. The molecule has 1 rings (SSSR count). The van der Waals surface area contributed by atoms with E-state index in [0.717, 1.165) is 29.6 Å². The van der Waals surface area contributed by atoms with Crippen molar-refractivity contribution in [1.82, 2.24) is 15.1 Å². The predicted molar refractivity (Wildman–Crippen MR) is 77.6 cm³/mol. The summed E-state index contributed by atoms with van der Waals surface area (Å²) in [5, 5.41) is 7.70. The van der Waals surface area contributed by atoms with Crippen molar-refractivity contribution in [2.45, 2.75) is 45.3 Å². The highest BCUT2D eigenvalue weighted by atomic mass is 79.9. The average molecular weight is 318 g/mol. The molecular formula is C13H24BrN3O. The molecule has 1 aromatic heterocycles. The van der Waals surface area contributed by atoms with Gasteiger partial charge in [-0.25, -0.2) is 0 Å². The minimum atomic E-state index is -0.195. The molecule has 0 aliphatic carbocycles. The van der Waals surface area contributed by atoms with Crippen LogP contribution < -0.4 is 5.32 Å². The van der Waals surface area contributed by atoms with E-state index in [0.29, 0.717) is 0 Å². The molecule has 0 bridgehead atoms. The summed E-state index contributed by atoms with van der Waals surface area (Å²) in [5.74, 6) is 0. The number of nitrogens with zero attached hydrogens (tertiary/aromatic N) is 2. The van der Waals surface area contributed by atoms with Crippen molar-refractivity contribution in [2.24, 2.45) is 7.05 Å². The lowest BCUT2D eigenvalue weighted by Crippen LogP contribution is -2.45. The second-order valence-electron chi connectivity index (χ2n) is 4.43. The standard InChI is InChI=1S/C13H24BrN3O/c1-6-13(7-2,18-8-3)12(15-4)11-10(14)9-16-17(11)5/h9,12,15H,6-8H2,1-5H3. The lowest BCUT2D eigenvalue weighted by molar-refractivity contribution is -0.0735. The molecule has 4 nitrogen and oxygen atoms in total. The Kier molecular flexibility index (Phi) is 5.82. The number of nitrogens with one attached hydrogen (secondary N) is 1. The zero-order valence-corrected chi connectivity index (χ0v) is 13.5. The second kappa shape index (κ2) is 6.68. The van der Waals surface area contributed by atoms with Crippen LogP contribution in [-0.2, 0) is 11.8 Å². The Balaban J connectivity index is 3.21. The molecule has 0 aliphatic heterocycles. The van der Waals surface area contributed by atoms with E-state index in [9.17, 15) is 0 Å². The van der Waals surface area contributed by atoms with Crippen LogP contribution in [-0.4, -0.2) is 29.0 Å². The first-order valence-corrected chi connectivity index (χ1v) is 7.34. The van der Waals surface area contributed by atoms with Gasteiger partial charge < -0.3 is 10.1 Å². The number of aromatic nitrogens is 2. The smallest absolute Gasteiger partial charge is 0.0886 e. The van der Waals surface area contributed by atoms with Crippen LogP contribution in [0.3, 0.4) is 0 Å². The topological polar surface area (TPSA) is 39.1 Å². The number of hydrogen-bond donors (Lipinski definition) is 1. The highest BCUT2D eigenvalue weighted by Crippen LogP contribution is 2.37. The van der Waals surface area contributed by atoms with Crippen molar-refractivity contribution in [3.05, 3.63) is 16.4 Å². The first-order chi connectivity index (χ1) is 8.56. The summed E-state index contributed by atoms with van der Waals surface area (Å²) in [6, 6.07) is 0.120. The molecular weight excluding hydrogens is 294 g/mol. The Hall–Kier alpha value is -0.390. The van der Waals surface area contributed by atoms with E-state index in [1.54, 1.807) is 0 Å². The van der Waals surface area contributed by atoms with Gasteiger partial charge in [-0.2, -0.15) is 5.10 Å². The summed E-state index contributed by atoms with van der Waals surface area (Å²) in [6.07, 6.45) is 3.75. The Labute approximate surface area is 118 Å². The third-order valence-electron chi connectivity index (χ3n) is 3.65. The minimum absolute atomic E-state index is 0.120. The molecule has 0 radical (unpaired) electrons. The Morgan fingerprint density at radius 2 is 2.06 bits per heavy atom. The van der Waals surface area contributed by atoms with E-state index in [4.69, 9.17) is 4.74 Å². The first kappa shape index (κ1) is 15.7. The quantitative estimate of drug-likeness (QED) is 0.840. The normalized spacial score (nSPS) is 13.9. The maximum absolute atomic E-state index is 6.09. The third-order valence-corrected chi connectivity index (χ3v) is 4.27. The largest absolute Gasteiger partial charge is 0.373 e. The number of rotatable bonds is 7. The van der Waals surface area contributed by atoms with E-state index in [1.807, 2.05) is 31.9 Å². The average Bonchev–Trinajstić information content (AvgIpc) is 2.70. The molecule has 18 heavy (non-hydrogen) atoms. The summed E-state index contributed by atoms with van der Waals surface area (Å²) in [6.45, 7) is 7.11. The van der Waals surface area contributed by atoms with Gasteiger partial charge in [-0.15, -0.1) is 0 Å². The van der Waals surface area contributed by atoms with Gasteiger partial charge >= 0.3 is 0 Å². The maximum atomic E-state index is 6.09. The molecule has 0 saturated carbocycles. The minimum Gasteiger partial charge on any atom is -0.373 e. The van der Waals surface area contributed by atoms with Gasteiger partial charge in [-0.05, 0) is 42.7 Å². The van der Waals surface area contributed by atoms with Gasteiger partial charge in [0.25, 0.3) is 0 Å². The van der Waals surface area contributed by atoms with E-state index >= 15 is 0 Å². The number of likely N-dealkylation sites (N-methyl/N-ethyl adjacent to an activating group) is 1. The monoisotopic (exact) mass is 317 g/mol. The van der Waals surface area contributed by atoms with Crippen LogP contribution in [0, 0.1) is 0 Å². The zero-order valence-electron chi connectivity index (χ0n) is 12.0. The SMILES string of the molecule is CCOC(CC)(CC)C(NC)c1c(Br)cnn1C. The van der Waals surface area contributed by atoms with Gasteiger partial charge in [-0.3, -0.25) is 4.68 Å². The molecule has 104 valence electrons. The van der Waals surface area contributed by atoms with Crippen molar-refractivity contribution in [1.29, 1.82) is 0 Å². The van der Waals surface area contributed by atoms with Crippen molar-refractivity contribution in [2.75, 3.05) is 13.7 Å². The van der Waals surface area contributed by atoms with Crippen LogP contribution in [0.25, 0.3) is 0 Å². The lowest BCUT2D eigenvalue weighted by atomic mass is 9.86. The van der Waals surface area contributed by atoms with E-state index in [-0.39, 0.29) is 11.6 Å². The molecule has 0 aromatic carbocycles. The Morgan fingerprint density at radius 1 is 1.44 bits per heavy atom. The summed E-state index contributed by atoms with van der Waals surface area (Å²) < 4.78 is 9.02. The molecule has 0 aliphatic rings. The molecule has 1 unspecified atom stereocenters. The van der Waals surface area contributed by atoms with Crippen molar-refractivity contribution < 1.29 is 4.74 Å². The van der Waals surface area contributed by atoms with Crippen LogP contribution in [0.4, 0.5) is 0 Å². The molecule has 0 fully saturated rings.